The van der Waals surface area contributed by atoms with E-state index in [4.69, 9.17) is 4.74 Å². The van der Waals surface area contributed by atoms with Crippen LogP contribution in [-0.4, -0.2) is 17.0 Å². The summed E-state index contributed by atoms with van der Waals surface area (Å²) < 4.78 is 5.11. The average molecular weight is 243 g/mol. The molecule has 0 amide bonds. The Morgan fingerprint density at radius 2 is 2.31 bits per heavy atom. The fourth-order valence-electron chi connectivity index (χ4n) is 1.69. The monoisotopic (exact) mass is 242 g/mol. The van der Waals surface area contributed by atoms with Gasteiger partial charge >= 0.3 is 0 Å². The second kappa shape index (κ2) is 3.31. The van der Waals surface area contributed by atoms with Crippen molar-refractivity contribution in [1.82, 2.24) is 0 Å². The summed E-state index contributed by atoms with van der Waals surface area (Å²) >= 11 is 3.44. The Kier molecular flexibility index (Phi) is 2.30. The number of ether oxygens (including phenoxy) is 1. The van der Waals surface area contributed by atoms with E-state index in [0.717, 1.165) is 17.7 Å². The van der Waals surface area contributed by atoms with E-state index in [0.29, 0.717) is 0 Å². The number of rotatable bonds is 1. The van der Waals surface area contributed by atoms with E-state index in [9.17, 15) is 5.11 Å². The molecule has 13 heavy (non-hydrogen) atoms. The van der Waals surface area contributed by atoms with Gasteiger partial charge in [-0.1, -0.05) is 22.0 Å². The maximum Gasteiger partial charge on any atom is 0.119 e. The Balaban J connectivity index is 2.40. The van der Waals surface area contributed by atoms with Crippen molar-refractivity contribution in [2.24, 2.45) is 0 Å². The van der Waals surface area contributed by atoms with Gasteiger partial charge in [0, 0.05) is 4.83 Å². The van der Waals surface area contributed by atoms with Crippen LogP contribution < -0.4 is 4.74 Å². The number of aliphatic hydroxyl groups excluding tert-OH is 1. The molecule has 2 rings (SSSR count). The lowest BCUT2D eigenvalue weighted by Crippen LogP contribution is -2.03. The van der Waals surface area contributed by atoms with Crippen molar-refractivity contribution in [3.05, 3.63) is 29.3 Å². The Bertz CT molecular complexity index is 325. The van der Waals surface area contributed by atoms with Crippen LogP contribution in [0.3, 0.4) is 0 Å². The first kappa shape index (κ1) is 9.03. The molecule has 1 N–H and O–H groups in total. The molecule has 0 saturated carbocycles. The summed E-state index contributed by atoms with van der Waals surface area (Å²) in [6.07, 6.45) is 0.495. The Morgan fingerprint density at radius 3 is 3.00 bits per heavy atom. The molecule has 0 fully saturated rings. The van der Waals surface area contributed by atoms with E-state index in [1.54, 1.807) is 7.11 Å². The summed E-state index contributed by atoms with van der Waals surface area (Å²) in [5.74, 6) is 0.854. The minimum atomic E-state index is -0.374. The average Bonchev–Trinajstić information content (AvgIpc) is 2.42. The highest BCUT2D eigenvalue weighted by Crippen LogP contribution is 2.37. The molecule has 0 unspecified atom stereocenters. The van der Waals surface area contributed by atoms with Crippen molar-refractivity contribution in [2.75, 3.05) is 7.11 Å². The summed E-state index contributed by atoms with van der Waals surface area (Å²) in [5.41, 5.74) is 2.19. The summed E-state index contributed by atoms with van der Waals surface area (Å²) in [7, 11) is 1.65. The third kappa shape index (κ3) is 1.46. The van der Waals surface area contributed by atoms with Gasteiger partial charge in [-0.15, -0.1) is 0 Å². The van der Waals surface area contributed by atoms with Crippen LogP contribution in [-0.2, 0) is 6.42 Å². The molecule has 0 saturated heterocycles. The fourth-order valence-corrected chi connectivity index (χ4v) is 2.32. The summed E-state index contributed by atoms with van der Waals surface area (Å²) in [4.78, 5) is 0.148. The highest BCUT2D eigenvalue weighted by molar-refractivity contribution is 9.09. The molecule has 1 aliphatic rings. The van der Waals surface area contributed by atoms with Crippen molar-refractivity contribution in [2.45, 2.75) is 17.4 Å². The third-order valence-electron chi connectivity index (χ3n) is 2.43. The minimum Gasteiger partial charge on any atom is -0.497 e. The lowest BCUT2D eigenvalue weighted by Gasteiger charge is -2.07. The molecule has 1 aromatic rings. The SMILES string of the molecule is COc1ccc2c(c1)C[C@H](Br)[C@H]2O. The van der Waals surface area contributed by atoms with Gasteiger partial charge in [0.15, 0.2) is 0 Å². The molecule has 0 aromatic heterocycles. The molecule has 2 nitrogen and oxygen atoms in total. The molecule has 3 heteroatoms. The number of fused-ring (bicyclic) bond motifs is 1. The normalized spacial score (nSPS) is 25.8. The fraction of sp³-hybridized carbons (Fsp3) is 0.400. The molecular weight excluding hydrogens is 232 g/mol. The molecule has 2 atom stereocenters. The van der Waals surface area contributed by atoms with Gasteiger partial charge in [0.05, 0.1) is 13.2 Å². The molecular formula is C10H11BrO2. The molecule has 0 bridgehead atoms. The Hall–Kier alpha value is -0.540. The molecule has 0 spiro atoms. The molecule has 0 radical (unpaired) electrons. The first-order chi connectivity index (χ1) is 6.22. The van der Waals surface area contributed by atoms with Gasteiger partial charge in [0.25, 0.3) is 0 Å². The lowest BCUT2D eigenvalue weighted by molar-refractivity contribution is 0.187. The minimum absolute atomic E-state index is 0.148. The number of hydrogen-bond acceptors (Lipinski definition) is 2. The Labute approximate surface area is 85.7 Å². The number of methoxy groups -OCH3 is 1. The maximum absolute atomic E-state index is 9.73. The Morgan fingerprint density at radius 1 is 1.54 bits per heavy atom. The van der Waals surface area contributed by atoms with E-state index in [-0.39, 0.29) is 10.9 Å². The van der Waals surface area contributed by atoms with E-state index in [1.165, 1.54) is 5.56 Å². The first-order valence-electron chi connectivity index (χ1n) is 4.21. The van der Waals surface area contributed by atoms with Crippen LogP contribution in [0.4, 0.5) is 0 Å². The van der Waals surface area contributed by atoms with Gasteiger partial charge in [0.1, 0.15) is 5.75 Å². The second-order valence-electron chi connectivity index (χ2n) is 3.23. The smallest absolute Gasteiger partial charge is 0.119 e. The van der Waals surface area contributed by atoms with Crippen molar-refractivity contribution >= 4 is 15.9 Å². The molecule has 0 aliphatic heterocycles. The van der Waals surface area contributed by atoms with Crippen LogP contribution in [0.25, 0.3) is 0 Å². The van der Waals surface area contributed by atoms with Crippen LogP contribution in [0, 0.1) is 0 Å². The van der Waals surface area contributed by atoms with E-state index in [1.807, 2.05) is 18.2 Å². The van der Waals surface area contributed by atoms with Crippen molar-refractivity contribution in [3.63, 3.8) is 0 Å². The highest BCUT2D eigenvalue weighted by atomic mass is 79.9. The third-order valence-corrected chi connectivity index (χ3v) is 3.25. The van der Waals surface area contributed by atoms with Crippen LogP contribution in [0.1, 0.15) is 17.2 Å². The zero-order chi connectivity index (χ0) is 9.42. The van der Waals surface area contributed by atoms with Gasteiger partial charge in [-0.25, -0.2) is 0 Å². The highest BCUT2D eigenvalue weighted by Gasteiger charge is 2.28. The molecule has 70 valence electrons. The second-order valence-corrected chi connectivity index (χ2v) is 4.41. The van der Waals surface area contributed by atoms with Crippen molar-refractivity contribution in [1.29, 1.82) is 0 Å². The number of benzene rings is 1. The quantitative estimate of drug-likeness (QED) is 0.765. The number of halogens is 1. The maximum atomic E-state index is 9.73. The van der Waals surface area contributed by atoms with Crippen LogP contribution in [0.5, 0.6) is 5.75 Å². The predicted molar refractivity (Wildman–Crippen MR) is 54.4 cm³/mol. The number of alkyl halides is 1. The zero-order valence-corrected chi connectivity index (χ0v) is 8.91. The van der Waals surface area contributed by atoms with E-state index >= 15 is 0 Å². The lowest BCUT2D eigenvalue weighted by atomic mass is 10.1. The van der Waals surface area contributed by atoms with Crippen LogP contribution in [0.15, 0.2) is 18.2 Å². The van der Waals surface area contributed by atoms with Crippen molar-refractivity contribution < 1.29 is 9.84 Å². The van der Waals surface area contributed by atoms with Gasteiger partial charge in [-0.3, -0.25) is 0 Å². The van der Waals surface area contributed by atoms with Crippen LogP contribution >= 0.6 is 15.9 Å². The van der Waals surface area contributed by atoms with Gasteiger partial charge in [-0.2, -0.15) is 0 Å². The zero-order valence-electron chi connectivity index (χ0n) is 7.33. The van der Waals surface area contributed by atoms with Crippen molar-refractivity contribution in [3.8, 4) is 5.75 Å². The summed E-state index contributed by atoms with van der Waals surface area (Å²) in [6.45, 7) is 0. The molecule has 0 heterocycles. The number of hydrogen-bond donors (Lipinski definition) is 1. The van der Waals surface area contributed by atoms with E-state index < -0.39 is 0 Å². The summed E-state index contributed by atoms with van der Waals surface area (Å²) in [5, 5.41) is 9.73. The predicted octanol–water partition coefficient (Wildman–Crippen LogP) is 2.05. The van der Waals surface area contributed by atoms with Gasteiger partial charge in [0.2, 0.25) is 0 Å². The number of aliphatic hydroxyl groups is 1. The largest absolute Gasteiger partial charge is 0.497 e. The van der Waals surface area contributed by atoms with Gasteiger partial charge in [-0.05, 0) is 29.7 Å². The molecule has 1 aliphatic carbocycles. The molecule has 1 aromatic carbocycles. The first-order valence-corrected chi connectivity index (χ1v) is 5.13. The van der Waals surface area contributed by atoms with E-state index in [2.05, 4.69) is 15.9 Å². The van der Waals surface area contributed by atoms with Gasteiger partial charge < -0.3 is 9.84 Å². The van der Waals surface area contributed by atoms with Crippen LogP contribution in [0.2, 0.25) is 0 Å². The standard InChI is InChI=1S/C10H11BrO2/c1-13-7-2-3-8-6(4-7)5-9(11)10(8)12/h2-4,9-10,12H,5H2,1H3/t9-,10-/m0/s1. The summed E-state index contributed by atoms with van der Waals surface area (Å²) in [6, 6.07) is 5.80. The topological polar surface area (TPSA) is 29.5 Å².